The van der Waals surface area contributed by atoms with Crippen molar-refractivity contribution in [2.45, 2.75) is 6.92 Å². The van der Waals surface area contributed by atoms with Crippen molar-refractivity contribution in [1.82, 2.24) is 4.98 Å². The van der Waals surface area contributed by atoms with Crippen molar-refractivity contribution in [3.05, 3.63) is 21.4 Å². The Balaban J connectivity index is 3.34. The van der Waals surface area contributed by atoms with Gasteiger partial charge in [0.1, 0.15) is 0 Å². The molecule has 0 unspecified atom stereocenters. The van der Waals surface area contributed by atoms with Gasteiger partial charge in [-0.1, -0.05) is 11.6 Å². The van der Waals surface area contributed by atoms with Gasteiger partial charge in [0.05, 0.1) is 20.9 Å². The van der Waals surface area contributed by atoms with Gasteiger partial charge in [-0.05, 0) is 22.9 Å². The molecule has 0 saturated carbocycles. The number of hydrogen-bond donors (Lipinski definition) is 1. The monoisotopic (exact) mass is 220 g/mol. The minimum Gasteiger partial charge on any atom is -0.397 e. The largest absolute Gasteiger partial charge is 0.397 e. The zero-order valence-corrected chi connectivity index (χ0v) is 7.70. The van der Waals surface area contributed by atoms with E-state index in [0.29, 0.717) is 10.7 Å². The molecule has 10 heavy (non-hydrogen) atoms. The molecule has 54 valence electrons. The molecule has 0 aliphatic carbocycles. The van der Waals surface area contributed by atoms with Crippen LogP contribution in [0.25, 0.3) is 0 Å². The standard InChI is InChI=1S/C6H6BrClN2/c1-3-5(7)6(9)4(8)2-10-3/h2H,1H3,(H2,9,10). The van der Waals surface area contributed by atoms with E-state index in [1.165, 1.54) is 6.20 Å². The molecule has 0 radical (unpaired) electrons. The van der Waals surface area contributed by atoms with Crippen LogP contribution in [0.4, 0.5) is 5.69 Å². The van der Waals surface area contributed by atoms with Crippen LogP contribution in [0, 0.1) is 6.92 Å². The first-order valence-electron chi connectivity index (χ1n) is 2.69. The quantitative estimate of drug-likeness (QED) is 0.731. The van der Waals surface area contributed by atoms with Crippen molar-refractivity contribution < 1.29 is 0 Å². The molecule has 0 aliphatic rings. The summed E-state index contributed by atoms with van der Waals surface area (Å²) in [7, 11) is 0. The van der Waals surface area contributed by atoms with Crippen LogP contribution in [0.5, 0.6) is 0 Å². The molecule has 0 saturated heterocycles. The van der Waals surface area contributed by atoms with Gasteiger partial charge in [-0.3, -0.25) is 4.98 Å². The van der Waals surface area contributed by atoms with Crippen molar-refractivity contribution in [1.29, 1.82) is 0 Å². The predicted molar refractivity (Wildman–Crippen MR) is 46.1 cm³/mol. The molecule has 1 aromatic heterocycles. The maximum atomic E-state index is 5.67. The van der Waals surface area contributed by atoms with Gasteiger partial charge in [0.2, 0.25) is 0 Å². The molecule has 1 heterocycles. The molecule has 0 fully saturated rings. The summed E-state index contributed by atoms with van der Waals surface area (Å²) in [6.45, 7) is 1.86. The number of hydrogen-bond acceptors (Lipinski definition) is 2. The summed E-state index contributed by atoms with van der Waals surface area (Å²) in [5, 5.41) is 0.484. The average Bonchev–Trinajstić information content (AvgIpc) is 1.93. The fourth-order valence-electron chi connectivity index (χ4n) is 0.579. The van der Waals surface area contributed by atoms with E-state index < -0.39 is 0 Å². The van der Waals surface area contributed by atoms with Crippen LogP contribution < -0.4 is 5.73 Å². The van der Waals surface area contributed by atoms with Crippen LogP contribution in [0.15, 0.2) is 10.7 Å². The first kappa shape index (κ1) is 7.82. The smallest absolute Gasteiger partial charge is 0.0830 e. The highest BCUT2D eigenvalue weighted by Gasteiger charge is 2.03. The van der Waals surface area contributed by atoms with Gasteiger partial charge in [0.15, 0.2) is 0 Å². The molecule has 0 aliphatic heterocycles. The van der Waals surface area contributed by atoms with Crippen LogP contribution in [0.1, 0.15) is 5.69 Å². The lowest BCUT2D eigenvalue weighted by Crippen LogP contribution is -1.92. The lowest BCUT2D eigenvalue weighted by molar-refractivity contribution is 1.18. The molecule has 0 amide bonds. The first-order valence-corrected chi connectivity index (χ1v) is 3.86. The third-order valence-corrected chi connectivity index (χ3v) is 2.49. The molecule has 0 spiro atoms. The molecule has 1 rings (SSSR count). The van der Waals surface area contributed by atoms with Gasteiger partial charge in [-0.25, -0.2) is 0 Å². The molecular weight excluding hydrogens is 215 g/mol. The first-order chi connectivity index (χ1) is 4.63. The van der Waals surface area contributed by atoms with E-state index in [4.69, 9.17) is 17.3 Å². The summed E-state index contributed by atoms with van der Waals surface area (Å²) in [6, 6.07) is 0. The Morgan fingerprint density at radius 2 is 2.30 bits per heavy atom. The summed E-state index contributed by atoms with van der Waals surface area (Å²) in [5.41, 5.74) is 6.96. The van der Waals surface area contributed by atoms with Crippen molar-refractivity contribution in [2.75, 3.05) is 5.73 Å². The Kier molecular flexibility index (Phi) is 2.16. The van der Waals surface area contributed by atoms with Crippen LogP contribution in [0.2, 0.25) is 5.02 Å². The van der Waals surface area contributed by atoms with Crippen molar-refractivity contribution in [3.8, 4) is 0 Å². The number of halogens is 2. The number of rotatable bonds is 0. The summed E-state index contributed by atoms with van der Waals surface area (Å²) in [6.07, 6.45) is 1.54. The summed E-state index contributed by atoms with van der Waals surface area (Å²) >= 11 is 8.93. The summed E-state index contributed by atoms with van der Waals surface area (Å²) < 4.78 is 0.778. The Morgan fingerprint density at radius 1 is 1.70 bits per heavy atom. The number of nitrogen functional groups attached to an aromatic ring is 1. The second kappa shape index (κ2) is 2.76. The van der Waals surface area contributed by atoms with Gasteiger partial charge in [-0.2, -0.15) is 0 Å². The van der Waals surface area contributed by atoms with Gasteiger partial charge >= 0.3 is 0 Å². The Labute approximate surface area is 72.5 Å². The predicted octanol–water partition coefficient (Wildman–Crippen LogP) is 2.39. The Morgan fingerprint density at radius 3 is 2.80 bits per heavy atom. The van der Waals surface area contributed by atoms with E-state index in [1.54, 1.807) is 0 Å². The molecular formula is C6H6BrClN2. The molecule has 2 nitrogen and oxygen atoms in total. The maximum absolute atomic E-state index is 5.67. The van der Waals surface area contributed by atoms with Gasteiger partial charge in [-0.15, -0.1) is 0 Å². The van der Waals surface area contributed by atoms with E-state index >= 15 is 0 Å². The van der Waals surface area contributed by atoms with E-state index in [1.807, 2.05) is 6.92 Å². The van der Waals surface area contributed by atoms with Crippen LogP contribution in [-0.4, -0.2) is 4.98 Å². The zero-order valence-electron chi connectivity index (χ0n) is 5.36. The molecule has 0 bridgehead atoms. The second-order valence-electron chi connectivity index (χ2n) is 1.92. The minimum atomic E-state index is 0.484. The lowest BCUT2D eigenvalue weighted by Gasteiger charge is -2.01. The number of aryl methyl sites for hydroxylation is 1. The highest BCUT2D eigenvalue weighted by molar-refractivity contribution is 9.10. The topological polar surface area (TPSA) is 38.9 Å². The molecule has 0 atom stereocenters. The SMILES string of the molecule is Cc1ncc(Cl)c(N)c1Br. The maximum Gasteiger partial charge on any atom is 0.0830 e. The van der Waals surface area contributed by atoms with E-state index in [0.717, 1.165) is 10.2 Å². The van der Waals surface area contributed by atoms with Crippen molar-refractivity contribution >= 4 is 33.2 Å². The van der Waals surface area contributed by atoms with E-state index in [-0.39, 0.29) is 0 Å². The Bertz CT molecular complexity index is 235. The van der Waals surface area contributed by atoms with Crippen LogP contribution >= 0.6 is 27.5 Å². The number of nitrogens with zero attached hydrogens (tertiary/aromatic N) is 1. The highest BCUT2D eigenvalue weighted by Crippen LogP contribution is 2.28. The molecule has 4 heteroatoms. The summed E-state index contributed by atoms with van der Waals surface area (Å²) in [5.74, 6) is 0. The fraction of sp³-hybridized carbons (Fsp3) is 0.167. The molecule has 1 aromatic rings. The van der Waals surface area contributed by atoms with Gasteiger partial charge < -0.3 is 5.73 Å². The second-order valence-corrected chi connectivity index (χ2v) is 3.12. The average molecular weight is 221 g/mol. The summed E-state index contributed by atoms with van der Waals surface area (Å²) in [4.78, 5) is 3.98. The zero-order chi connectivity index (χ0) is 7.72. The van der Waals surface area contributed by atoms with E-state index in [9.17, 15) is 0 Å². The minimum absolute atomic E-state index is 0.484. The molecule has 0 aromatic carbocycles. The fourth-order valence-corrected chi connectivity index (χ4v) is 1.15. The van der Waals surface area contributed by atoms with E-state index in [2.05, 4.69) is 20.9 Å². The van der Waals surface area contributed by atoms with Crippen LogP contribution in [-0.2, 0) is 0 Å². The number of nitrogens with two attached hydrogens (primary N) is 1. The Hall–Kier alpha value is -0.280. The third kappa shape index (κ3) is 1.25. The van der Waals surface area contributed by atoms with Gasteiger partial charge in [0.25, 0.3) is 0 Å². The van der Waals surface area contributed by atoms with Crippen molar-refractivity contribution in [2.24, 2.45) is 0 Å². The van der Waals surface area contributed by atoms with Crippen LogP contribution in [0.3, 0.4) is 0 Å². The van der Waals surface area contributed by atoms with Gasteiger partial charge in [0, 0.05) is 6.20 Å². The molecule has 2 N–H and O–H groups in total. The highest BCUT2D eigenvalue weighted by atomic mass is 79.9. The third-order valence-electron chi connectivity index (χ3n) is 1.18. The number of pyridine rings is 1. The normalized spacial score (nSPS) is 9.90. The van der Waals surface area contributed by atoms with Crippen molar-refractivity contribution in [3.63, 3.8) is 0 Å². The number of anilines is 1. The number of aromatic nitrogens is 1. The lowest BCUT2D eigenvalue weighted by atomic mass is 10.3.